The van der Waals surface area contributed by atoms with Crippen molar-refractivity contribution in [2.45, 2.75) is 0 Å². The van der Waals surface area contributed by atoms with E-state index in [1.165, 1.54) is 18.6 Å². The summed E-state index contributed by atoms with van der Waals surface area (Å²) in [7, 11) is -1.31. The van der Waals surface area contributed by atoms with Gasteiger partial charge in [-0.15, -0.1) is 0 Å². The monoisotopic (exact) mass is 231 g/mol. The lowest BCUT2D eigenvalue weighted by Gasteiger charge is -2.16. The maximum absolute atomic E-state index is 11.0. The van der Waals surface area contributed by atoms with Gasteiger partial charge in [-0.3, -0.25) is 4.79 Å². The molecular formula is C8H13N3O3S. The molecule has 0 fully saturated rings. The van der Waals surface area contributed by atoms with Crippen LogP contribution >= 0.6 is 0 Å². The average molecular weight is 231 g/mol. The van der Waals surface area contributed by atoms with Gasteiger partial charge in [0.25, 0.3) is 5.56 Å². The zero-order valence-electron chi connectivity index (χ0n) is 8.60. The van der Waals surface area contributed by atoms with Crippen LogP contribution in [0.15, 0.2) is 17.2 Å². The van der Waals surface area contributed by atoms with Gasteiger partial charge in [0.05, 0.1) is 12.1 Å². The van der Waals surface area contributed by atoms with Gasteiger partial charge in [0.15, 0.2) is 0 Å². The summed E-state index contributed by atoms with van der Waals surface area (Å²) in [6.45, 7) is 0.315. The normalized spacial score (nSPS) is 11.3. The lowest BCUT2D eigenvalue weighted by atomic mass is 10.5. The fraction of sp³-hybridized carbons (Fsp3) is 0.500. The van der Waals surface area contributed by atoms with Gasteiger partial charge >= 0.3 is 0 Å². The van der Waals surface area contributed by atoms with Crippen molar-refractivity contribution < 1.29 is 8.42 Å². The van der Waals surface area contributed by atoms with E-state index in [9.17, 15) is 13.2 Å². The molecule has 0 bridgehead atoms. The van der Waals surface area contributed by atoms with E-state index in [-0.39, 0.29) is 11.3 Å². The number of hydrogen-bond acceptors (Lipinski definition) is 5. The second-order valence-corrected chi connectivity index (χ2v) is 5.58. The van der Waals surface area contributed by atoms with Crippen LogP contribution in [0.2, 0.25) is 0 Å². The summed E-state index contributed by atoms with van der Waals surface area (Å²) in [6, 6.07) is 1.32. The Morgan fingerprint density at radius 1 is 1.53 bits per heavy atom. The number of anilines is 1. The predicted molar refractivity (Wildman–Crippen MR) is 57.8 cm³/mol. The van der Waals surface area contributed by atoms with Gasteiger partial charge in [0, 0.05) is 25.9 Å². The maximum Gasteiger partial charge on any atom is 0.252 e. The molecule has 1 aromatic heterocycles. The second-order valence-electron chi connectivity index (χ2n) is 3.32. The molecule has 7 heteroatoms. The molecule has 0 aliphatic carbocycles. The van der Waals surface area contributed by atoms with Crippen LogP contribution in [0.1, 0.15) is 0 Å². The summed E-state index contributed by atoms with van der Waals surface area (Å²) in [5.74, 6) is 0.500. The first kappa shape index (κ1) is 11.7. The Morgan fingerprint density at radius 2 is 2.20 bits per heavy atom. The first-order valence-corrected chi connectivity index (χ1v) is 6.38. The highest BCUT2D eigenvalue weighted by molar-refractivity contribution is 7.90. The zero-order valence-corrected chi connectivity index (χ0v) is 9.41. The van der Waals surface area contributed by atoms with Crippen molar-refractivity contribution in [3.8, 4) is 0 Å². The third-order valence-electron chi connectivity index (χ3n) is 1.85. The molecular weight excluding hydrogens is 218 g/mol. The third kappa shape index (κ3) is 4.11. The fourth-order valence-corrected chi connectivity index (χ4v) is 1.59. The largest absolute Gasteiger partial charge is 0.358 e. The molecule has 84 valence electrons. The van der Waals surface area contributed by atoms with Crippen LogP contribution in [0.4, 0.5) is 5.82 Å². The summed E-state index contributed by atoms with van der Waals surface area (Å²) in [5, 5.41) is 0. The standard InChI is InChI=1S/C8H13N3O3S/c1-11(3-4-15(2,13)14)7-5-8(12)10-6-9-7/h5-6H,3-4H2,1-2H3,(H,9,10,12). The van der Waals surface area contributed by atoms with Crippen molar-refractivity contribution >= 4 is 15.7 Å². The van der Waals surface area contributed by atoms with Gasteiger partial charge < -0.3 is 9.88 Å². The van der Waals surface area contributed by atoms with Gasteiger partial charge in [-0.2, -0.15) is 0 Å². The number of sulfone groups is 1. The summed E-state index contributed by atoms with van der Waals surface area (Å²) in [5.41, 5.74) is -0.258. The van der Waals surface area contributed by atoms with Crippen LogP contribution in [0, 0.1) is 0 Å². The number of nitrogens with zero attached hydrogens (tertiary/aromatic N) is 2. The van der Waals surface area contributed by atoms with Crippen LogP contribution in [0.3, 0.4) is 0 Å². The highest BCUT2D eigenvalue weighted by Crippen LogP contribution is 2.02. The van der Waals surface area contributed by atoms with Crippen molar-refractivity contribution in [2.75, 3.05) is 30.5 Å². The summed E-state index contributed by atoms with van der Waals surface area (Å²) in [4.78, 5) is 18.9. The molecule has 0 amide bonds. The molecule has 1 rings (SSSR count). The molecule has 1 N–H and O–H groups in total. The molecule has 0 spiro atoms. The molecule has 0 aliphatic rings. The van der Waals surface area contributed by atoms with E-state index in [2.05, 4.69) is 9.97 Å². The molecule has 15 heavy (non-hydrogen) atoms. The zero-order chi connectivity index (χ0) is 11.5. The highest BCUT2D eigenvalue weighted by atomic mass is 32.2. The number of aromatic amines is 1. The Labute approximate surface area is 87.9 Å². The van der Waals surface area contributed by atoms with E-state index in [1.807, 2.05) is 0 Å². The molecule has 0 saturated carbocycles. The molecule has 0 aliphatic heterocycles. The molecule has 0 radical (unpaired) electrons. The lowest BCUT2D eigenvalue weighted by Crippen LogP contribution is -2.26. The van der Waals surface area contributed by atoms with E-state index in [1.54, 1.807) is 11.9 Å². The van der Waals surface area contributed by atoms with Gasteiger partial charge in [-0.25, -0.2) is 13.4 Å². The number of H-pyrrole nitrogens is 1. The van der Waals surface area contributed by atoms with Gasteiger partial charge in [-0.05, 0) is 0 Å². The fourth-order valence-electron chi connectivity index (χ4n) is 0.984. The van der Waals surface area contributed by atoms with E-state index < -0.39 is 9.84 Å². The Kier molecular flexibility index (Phi) is 3.46. The number of aromatic nitrogens is 2. The van der Waals surface area contributed by atoms with Crippen LogP contribution in [0.25, 0.3) is 0 Å². The van der Waals surface area contributed by atoms with Crippen molar-refractivity contribution in [2.24, 2.45) is 0 Å². The van der Waals surface area contributed by atoms with Gasteiger partial charge in [0.1, 0.15) is 15.7 Å². The Morgan fingerprint density at radius 3 is 2.73 bits per heavy atom. The number of nitrogens with one attached hydrogen (secondary N) is 1. The van der Waals surface area contributed by atoms with E-state index >= 15 is 0 Å². The summed E-state index contributed by atoms with van der Waals surface area (Å²) in [6.07, 6.45) is 2.46. The van der Waals surface area contributed by atoms with Crippen molar-refractivity contribution in [3.63, 3.8) is 0 Å². The Bertz CT molecular complexity index is 480. The van der Waals surface area contributed by atoms with Gasteiger partial charge in [0.2, 0.25) is 0 Å². The predicted octanol–water partition coefficient (Wildman–Crippen LogP) is -0.749. The first-order valence-electron chi connectivity index (χ1n) is 4.32. The Balaban J connectivity index is 2.70. The smallest absolute Gasteiger partial charge is 0.252 e. The molecule has 1 aromatic rings. The highest BCUT2D eigenvalue weighted by Gasteiger charge is 2.07. The van der Waals surface area contributed by atoms with E-state index in [0.29, 0.717) is 12.4 Å². The van der Waals surface area contributed by atoms with Crippen LogP contribution in [-0.2, 0) is 9.84 Å². The maximum atomic E-state index is 11.0. The molecule has 1 heterocycles. The summed E-state index contributed by atoms with van der Waals surface area (Å²) >= 11 is 0. The number of rotatable bonds is 4. The summed E-state index contributed by atoms with van der Waals surface area (Å²) < 4.78 is 21.8. The minimum Gasteiger partial charge on any atom is -0.358 e. The second kappa shape index (κ2) is 4.43. The van der Waals surface area contributed by atoms with Crippen LogP contribution in [0.5, 0.6) is 0 Å². The van der Waals surface area contributed by atoms with Crippen LogP contribution < -0.4 is 10.5 Å². The van der Waals surface area contributed by atoms with Crippen LogP contribution in [-0.4, -0.2) is 44.0 Å². The lowest BCUT2D eigenvalue weighted by molar-refractivity contribution is 0.601. The quantitative estimate of drug-likeness (QED) is 0.737. The number of hydrogen-bond donors (Lipinski definition) is 1. The molecule has 0 atom stereocenters. The Hall–Kier alpha value is -1.37. The van der Waals surface area contributed by atoms with Crippen molar-refractivity contribution in [3.05, 3.63) is 22.7 Å². The van der Waals surface area contributed by atoms with Gasteiger partial charge in [-0.1, -0.05) is 0 Å². The van der Waals surface area contributed by atoms with E-state index in [0.717, 1.165) is 0 Å². The SMILES string of the molecule is CN(CCS(C)(=O)=O)c1cc(=O)[nH]cn1. The third-order valence-corrected chi connectivity index (χ3v) is 2.78. The first-order chi connectivity index (χ1) is 6.88. The minimum atomic E-state index is -2.99. The molecule has 6 nitrogen and oxygen atoms in total. The molecule has 0 unspecified atom stereocenters. The average Bonchev–Trinajstić information content (AvgIpc) is 2.13. The molecule has 0 saturated heterocycles. The van der Waals surface area contributed by atoms with Crippen molar-refractivity contribution in [1.29, 1.82) is 0 Å². The minimum absolute atomic E-state index is 0.0397. The van der Waals surface area contributed by atoms with Crippen molar-refractivity contribution in [1.82, 2.24) is 9.97 Å². The molecule has 0 aromatic carbocycles. The topological polar surface area (TPSA) is 83.1 Å². The van der Waals surface area contributed by atoms with E-state index in [4.69, 9.17) is 0 Å².